The Bertz CT molecular complexity index is 912. The van der Waals surface area contributed by atoms with Gasteiger partial charge in [-0.3, -0.25) is 9.59 Å². The molecule has 0 aliphatic carbocycles. The van der Waals surface area contributed by atoms with Crippen LogP contribution in [-0.2, 0) is 19.1 Å². The Morgan fingerprint density at radius 2 is 1.14 bits per heavy atom. The first kappa shape index (κ1) is 48.0. The zero-order chi connectivity index (χ0) is 36.9. The Morgan fingerprint density at radius 1 is 0.640 bits per heavy atom. The van der Waals surface area contributed by atoms with Crippen LogP contribution in [0.1, 0.15) is 195 Å². The molecule has 0 aliphatic rings. The maximum atomic E-state index is 12.3. The summed E-state index contributed by atoms with van der Waals surface area (Å²) < 4.78 is 11.1. The van der Waals surface area contributed by atoms with Crippen molar-refractivity contribution in [2.45, 2.75) is 195 Å². The van der Waals surface area contributed by atoms with Gasteiger partial charge in [-0.15, -0.1) is 0 Å². The van der Waals surface area contributed by atoms with Crippen molar-refractivity contribution in [1.82, 2.24) is 4.90 Å². The topological polar surface area (TPSA) is 55.8 Å². The van der Waals surface area contributed by atoms with Crippen LogP contribution in [0.25, 0.3) is 0 Å². The van der Waals surface area contributed by atoms with Crippen molar-refractivity contribution >= 4 is 11.9 Å². The average molecular weight is 700 g/mol. The first-order valence-corrected chi connectivity index (χ1v) is 21.2. The summed E-state index contributed by atoms with van der Waals surface area (Å²) in [5.41, 5.74) is 8.41. The summed E-state index contributed by atoms with van der Waals surface area (Å²) in [5, 5.41) is 0. The first-order valence-electron chi connectivity index (χ1n) is 21.2. The van der Waals surface area contributed by atoms with Crippen LogP contribution in [0.5, 0.6) is 0 Å². The van der Waals surface area contributed by atoms with E-state index in [1.54, 1.807) is 0 Å². The molecule has 0 aromatic heterocycles. The van der Waals surface area contributed by atoms with Crippen LogP contribution < -0.4 is 0 Å². The molecule has 50 heavy (non-hydrogen) atoms. The van der Waals surface area contributed by atoms with Crippen LogP contribution in [0.3, 0.4) is 0 Å². The van der Waals surface area contributed by atoms with Gasteiger partial charge in [0.05, 0.1) is 13.2 Å². The van der Waals surface area contributed by atoms with Crippen LogP contribution in [-0.4, -0.2) is 50.2 Å². The second-order valence-corrected chi connectivity index (χ2v) is 15.0. The second kappa shape index (κ2) is 36.8. The third-order valence-corrected chi connectivity index (χ3v) is 10.3. The summed E-state index contributed by atoms with van der Waals surface area (Å²) in [6.07, 6.45) is 31.7. The van der Waals surface area contributed by atoms with Crippen molar-refractivity contribution < 1.29 is 19.1 Å². The fourth-order valence-electron chi connectivity index (χ4n) is 6.61. The molecule has 0 N–H and O–H groups in total. The number of allylic oxidation sites excluding steroid dienone is 1. The molecule has 5 heteroatoms. The second-order valence-electron chi connectivity index (χ2n) is 15.0. The van der Waals surface area contributed by atoms with Crippen LogP contribution >= 0.6 is 0 Å². The number of carbonyl (C=O) groups is 2. The van der Waals surface area contributed by atoms with Gasteiger partial charge in [0.2, 0.25) is 0 Å². The molecule has 0 saturated heterocycles. The van der Waals surface area contributed by atoms with Gasteiger partial charge < -0.3 is 14.4 Å². The molecule has 0 bridgehead atoms. The summed E-state index contributed by atoms with van der Waals surface area (Å²) in [6.45, 7) is 15.9. The minimum absolute atomic E-state index is 0.0101. The fourth-order valence-corrected chi connectivity index (χ4v) is 6.61. The normalized spacial score (nSPS) is 12.8. The van der Waals surface area contributed by atoms with E-state index in [9.17, 15) is 9.59 Å². The van der Waals surface area contributed by atoms with Crippen molar-refractivity contribution in [1.29, 1.82) is 0 Å². The third kappa shape index (κ3) is 33.1. The summed E-state index contributed by atoms with van der Waals surface area (Å²) in [6, 6.07) is 0. The van der Waals surface area contributed by atoms with Crippen LogP contribution in [0.4, 0.5) is 0 Å². The molecular formula is C45H81NO4. The highest BCUT2D eigenvalue weighted by Gasteiger charge is 2.11. The lowest BCUT2D eigenvalue weighted by Gasteiger charge is -2.19. The van der Waals surface area contributed by atoms with Crippen molar-refractivity contribution in [3.63, 3.8) is 0 Å². The van der Waals surface area contributed by atoms with E-state index in [0.29, 0.717) is 37.9 Å². The minimum Gasteiger partial charge on any atom is -0.466 e. The molecular weight excluding hydrogens is 618 g/mol. The highest BCUT2D eigenvalue weighted by atomic mass is 16.5. The Hall–Kier alpha value is -2.02. The largest absolute Gasteiger partial charge is 0.466 e. The maximum Gasteiger partial charge on any atom is 0.305 e. The third-order valence-electron chi connectivity index (χ3n) is 10.3. The van der Waals surface area contributed by atoms with E-state index >= 15 is 0 Å². The number of hydrogen-bond acceptors (Lipinski definition) is 5. The van der Waals surface area contributed by atoms with Gasteiger partial charge in [-0.05, 0) is 101 Å². The molecule has 0 rings (SSSR count). The Morgan fingerprint density at radius 3 is 1.70 bits per heavy atom. The van der Waals surface area contributed by atoms with Gasteiger partial charge in [-0.1, -0.05) is 148 Å². The Balaban J connectivity index is 4.15. The van der Waals surface area contributed by atoms with E-state index in [4.69, 9.17) is 9.47 Å². The minimum atomic E-state index is -0.0574. The van der Waals surface area contributed by atoms with E-state index in [1.165, 1.54) is 116 Å². The Labute approximate surface area is 310 Å². The number of ether oxygens (including phenoxy) is 2. The predicted octanol–water partition coefficient (Wildman–Crippen LogP) is 12.7. The smallest absolute Gasteiger partial charge is 0.305 e. The molecule has 3 atom stereocenters. The summed E-state index contributed by atoms with van der Waals surface area (Å²) in [7, 11) is 2.22. The van der Waals surface area contributed by atoms with Gasteiger partial charge in [-0.25, -0.2) is 0 Å². The SMILES string of the molecule is C=C=C=C=CC(CCCCC)CCOC(=O)CCCCCCCC(CCCCCCCC(=O)OCCC(C)CCCCC)CCCN(C)CC. The molecule has 0 aliphatic heterocycles. The molecule has 0 aromatic carbocycles. The van der Waals surface area contributed by atoms with Gasteiger partial charge in [0, 0.05) is 12.8 Å². The van der Waals surface area contributed by atoms with E-state index in [2.05, 4.69) is 63.4 Å². The van der Waals surface area contributed by atoms with Gasteiger partial charge in [0.1, 0.15) is 0 Å². The van der Waals surface area contributed by atoms with Crippen molar-refractivity contribution in [3.8, 4) is 0 Å². The molecule has 0 saturated carbocycles. The standard InChI is InChI=1S/C45H81NO4/c1-7-11-20-28-41(5)36-39-49-44(47)34-25-18-14-16-23-31-42(33-27-38-46(6)10-4)32-24-17-15-19-26-35-45(48)50-40-37-43(29-21-12-8-2)30-22-13-9-3/h29,41-43H,2,7,9-11,13-20,22-28,30-40H2,1,3-6H3. The van der Waals surface area contributed by atoms with Crippen molar-refractivity contribution in [2.24, 2.45) is 17.8 Å². The lowest BCUT2D eigenvalue weighted by molar-refractivity contribution is -0.145. The molecule has 0 aromatic rings. The van der Waals surface area contributed by atoms with Gasteiger partial charge in [0.25, 0.3) is 0 Å². The highest BCUT2D eigenvalue weighted by Crippen LogP contribution is 2.24. The number of carbonyl (C=O) groups excluding carboxylic acids is 2. The molecule has 5 nitrogen and oxygen atoms in total. The fraction of sp³-hybridized carbons (Fsp3) is 0.844. The summed E-state index contributed by atoms with van der Waals surface area (Å²) >= 11 is 0. The van der Waals surface area contributed by atoms with Crippen molar-refractivity contribution in [2.75, 3.05) is 33.4 Å². The maximum absolute atomic E-state index is 12.3. The molecule has 0 heterocycles. The lowest BCUT2D eigenvalue weighted by Crippen LogP contribution is -2.19. The number of nitrogens with zero attached hydrogens (tertiary/aromatic N) is 1. The number of esters is 2. The van der Waals surface area contributed by atoms with Crippen LogP contribution in [0, 0.1) is 17.8 Å². The summed E-state index contributed by atoms with van der Waals surface area (Å²) in [5.74, 6) is 1.76. The molecule has 0 spiro atoms. The lowest BCUT2D eigenvalue weighted by atomic mass is 9.90. The van der Waals surface area contributed by atoms with E-state index in [0.717, 1.165) is 57.4 Å². The van der Waals surface area contributed by atoms with Gasteiger partial charge in [-0.2, -0.15) is 0 Å². The zero-order valence-electron chi connectivity index (χ0n) is 33.8. The van der Waals surface area contributed by atoms with Crippen LogP contribution in [0.15, 0.2) is 29.8 Å². The number of rotatable bonds is 36. The number of hydrogen-bond donors (Lipinski definition) is 0. The predicted molar refractivity (Wildman–Crippen MR) is 213 cm³/mol. The van der Waals surface area contributed by atoms with E-state index in [1.807, 2.05) is 6.08 Å². The van der Waals surface area contributed by atoms with Crippen molar-refractivity contribution in [3.05, 3.63) is 29.8 Å². The molecule has 0 amide bonds. The van der Waals surface area contributed by atoms with E-state index < -0.39 is 0 Å². The molecule has 290 valence electrons. The first-order chi connectivity index (χ1) is 24.4. The quantitative estimate of drug-likeness (QED) is 0.0370. The Kier molecular flexibility index (Phi) is 35.3. The molecule has 0 fully saturated rings. The molecule has 0 radical (unpaired) electrons. The molecule has 3 unspecified atom stereocenters. The van der Waals surface area contributed by atoms with Crippen LogP contribution in [0.2, 0.25) is 0 Å². The zero-order valence-corrected chi connectivity index (χ0v) is 33.8. The number of unbranched alkanes of at least 4 members (excludes halogenated alkanes) is 12. The monoisotopic (exact) mass is 700 g/mol. The highest BCUT2D eigenvalue weighted by molar-refractivity contribution is 5.69. The summed E-state index contributed by atoms with van der Waals surface area (Å²) in [4.78, 5) is 26.8. The van der Waals surface area contributed by atoms with Gasteiger partial charge in [0.15, 0.2) is 0 Å². The average Bonchev–Trinajstić information content (AvgIpc) is 3.10. The van der Waals surface area contributed by atoms with Gasteiger partial charge >= 0.3 is 11.9 Å². The van der Waals surface area contributed by atoms with E-state index in [-0.39, 0.29) is 11.9 Å².